The number of aromatic nitrogens is 3. The number of hydrogen-bond donors (Lipinski definition) is 2. The molecule has 3 aromatic rings. The Morgan fingerprint density at radius 1 is 1.10 bits per heavy atom. The maximum absolute atomic E-state index is 14.6. The summed E-state index contributed by atoms with van der Waals surface area (Å²) in [6.07, 6.45) is 2.41. The summed E-state index contributed by atoms with van der Waals surface area (Å²) in [5.74, 6) is 0.306. The molecule has 0 aliphatic carbocycles. The van der Waals surface area contributed by atoms with Crippen LogP contribution in [0, 0.1) is 10.6 Å². The highest BCUT2D eigenvalue weighted by molar-refractivity contribution is 7.71. The average molecular weight is 428 g/mol. The van der Waals surface area contributed by atoms with Crippen LogP contribution in [-0.4, -0.2) is 47.6 Å². The summed E-state index contributed by atoms with van der Waals surface area (Å²) in [6.45, 7) is 3.67. The molecule has 2 heterocycles. The highest BCUT2D eigenvalue weighted by atomic mass is 32.1. The summed E-state index contributed by atoms with van der Waals surface area (Å²) in [5, 5.41) is 4.80. The van der Waals surface area contributed by atoms with E-state index in [2.05, 4.69) is 26.2 Å². The third-order valence-corrected chi connectivity index (χ3v) is 6.59. The van der Waals surface area contributed by atoms with Gasteiger partial charge in [0.1, 0.15) is 5.82 Å². The first-order chi connectivity index (χ1) is 14.5. The van der Waals surface area contributed by atoms with Gasteiger partial charge in [-0.2, -0.15) is 4.68 Å². The van der Waals surface area contributed by atoms with Gasteiger partial charge < -0.3 is 9.80 Å². The molecule has 7 heteroatoms. The molecule has 0 radical (unpaired) electrons. The highest BCUT2D eigenvalue weighted by Crippen LogP contribution is 2.22. The van der Waals surface area contributed by atoms with Crippen molar-refractivity contribution in [2.24, 2.45) is 0 Å². The molecular formula is C23H30FN5S+2. The first-order valence-electron chi connectivity index (χ1n) is 10.6. The number of piperidine rings is 1. The van der Waals surface area contributed by atoms with Crippen LogP contribution in [0.2, 0.25) is 0 Å². The molecule has 1 aromatic heterocycles. The van der Waals surface area contributed by atoms with E-state index in [0.29, 0.717) is 35.4 Å². The van der Waals surface area contributed by atoms with Crippen molar-refractivity contribution in [3.05, 3.63) is 70.7 Å². The zero-order valence-electron chi connectivity index (χ0n) is 17.6. The Morgan fingerprint density at radius 3 is 2.47 bits per heavy atom. The molecule has 1 atom stereocenters. The van der Waals surface area contributed by atoms with Gasteiger partial charge in [-0.1, -0.05) is 42.5 Å². The topological polar surface area (TPSA) is 31.6 Å². The Labute approximate surface area is 182 Å². The van der Waals surface area contributed by atoms with Gasteiger partial charge in [0.25, 0.3) is 0 Å². The van der Waals surface area contributed by atoms with E-state index < -0.39 is 0 Å². The lowest BCUT2D eigenvalue weighted by Crippen LogP contribution is -3.17. The predicted octanol–water partition coefficient (Wildman–Crippen LogP) is 1.42. The second-order valence-electron chi connectivity index (χ2n) is 8.39. The fourth-order valence-corrected chi connectivity index (χ4v) is 4.52. The summed E-state index contributed by atoms with van der Waals surface area (Å²) >= 11 is 5.82. The molecular weight excluding hydrogens is 397 g/mol. The van der Waals surface area contributed by atoms with Gasteiger partial charge in [-0.25, -0.2) is 4.39 Å². The van der Waals surface area contributed by atoms with E-state index in [0.717, 1.165) is 5.56 Å². The molecule has 4 rings (SSSR count). The third kappa shape index (κ3) is 4.53. The second kappa shape index (κ2) is 9.20. The SMILES string of the molecule is C[NH+]1CCC([NH+](C)Cn2nc(-c3ccccc3F)n(Cc3ccccc3)c2=S)CC1. The minimum absolute atomic E-state index is 0.280. The first-order valence-corrected chi connectivity index (χ1v) is 11.0. The smallest absolute Gasteiger partial charge is 0.203 e. The van der Waals surface area contributed by atoms with Gasteiger partial charge in [0.05, 0.1) is 45.3 Å². The number of rotatable bonds is 6. The van der Waals surface area contributed by atoms with Crippen molar-refractivity contribution >= 4 is 12.2 Å². The van der Waals surface area contributed by atoms with Crippen molar-refractivity contribution in [2.75, 3.05) is 27.2 Å². The number of quaternary nitrogens is 2. The lowest BCUT2D eigenvalue weighted by atomic mass is 10.0. The zero-order chi connectivity index (χ0) is 21.1. The van der Waals surface area contributed by atoms with Crippen LogP contribution >= 0.6 is 12.2 Å². The molecule has 1 fully saturated rings. The van der Waals surface area contributed by atoms with Crippen molar-refractivity contribution in [3.63, 3.8) is 0 Å². The van der Waals surface area contributed by atoms with Crippen LogP contribution in [0.15, 0.2) is 54.6 Å². The maximum Gasteiger partial charge on any atom is 0.203 e. The largest absolute Gasteiger partial charge is 0.337 e. The average Bonchev–Trinajstić information content (AvgIpc) is 3.05. The molecule has 2 aromatic carbocycles. The fraction of sp³-hybridized carbons (Fsp3) is 0.391. The lowest BCUT2D eigenvalue weighted by molar-refractivity contribution is -0.954. The summed E-state index contributed by atoms with van der Waals surface area (Å²) < 4.78 is 19.1. The van der Waals surface area contributed by atoms with Crippen LogP contribution < -0.4 is 9.80 Å². The van der Waals surface area contributed by atoms with Crippen molar-refractivity contribution in [3.8, 4) is 11.4 Å². The quantitative estimate of drug-likeness (QED) is 0.583. The summed E-state index contributed by atoms with van der Waals surface area (Å²) in [5.41, 5.74) is 1.60. The Hall–Kier alpha value is -2.35. The summed E-state index contributed by atoms with van der Waals surface area (Å²) in [6, 6.07) is 17.5. The predicted molar refractivity (Wildman–Crippen MR) is 119 cm³/mol. The van der Waals surface area contributed by atoms with E-state index in [1.807, 2.05) is 33.5 Å². The number of hydrogen-bond acceptors (Lipinski definition) is 2. The van der Waals surface area contributed by atoms with Gasteiger partial charge in [0.15, 0.2) is 12.5 Å². The van der Waals surface area contributed by atoms with Gasteiger partial charge >= 0.3 is 0 Å². The van der Waals surface area contributed by atoms with Crippen LogP contribution in [-0.2, 0) is 13.2 Å². The molecule has 30 heavy (non-hydrogen) atoms. The fourth-order valence-electron chi connectivity index (χ4n) is 4.26. The summed E-state index contributed by atoms with van der Waals surface area (Å²) in [7, 11) is 4.47. The second-order valence-corrected chi connectivity index (χ2v) is 8.76. The Morgan fingerprint density at radius 2 is 1.77 bits per heavy atom. The van der Waals surface area contributed by atoms with Gasteiger partial charge in [0, 0.05) is 12.8 Å². The minimum atomic E-state index is -0.280. The van der Waals surface area contributed by atoms with Gasteiger partial charge in [-0.15, -0.1) is 5.10 Å². The molecule has 5 nitrogen and oxygen atoms in total. The number of halogens is 1. The van der Waals surface area contributed by atoms with Crippen molar-refractivity contribution in [1.82, 2.24) is 14.3 Å². The van der Waals surface area contributed by atoms with E-state index in [9.17, 15) is 4.39 Å². The van der Waals surface area contributed by atoms with Crippen LogP contribution in [0.3, 0.4) is 0 Å². The lowest BCUT2D eigenvalue weighted by Gasteiger charge is -2.30. The number of likely N-dealkylation sites (tertiary alicyclic amines) is 1. The van der Waals surface area contributed by atoms with Crippen LogP contribution in [0.25, 0.3) is 11.4 Å². The van der Waals surface area contributed by atoms with E-state index in [-0.39, 0.29) is 5.82 Å². The monoisotopic (exact) mass is 427 g/mol. The first kappa shape index (κ1) is 20.9. The number of benzene rings is 2. The van der Waals surface area contributed by atoms with Crippen LogP contribution in [0.4, 0.5) is 4.39 Å². The molecule has 0 saturated carbocycles. The van der Waals surface area contributed by atoms with E-state index in [1.165, 1.54) is 36.9 Å². The minimum Gasteiger partial charge on any atom is -0.337 e. The Kier molecular flexibility index (Phi) is 6.41. The maximum atomic E-state index is 14.6. The van der Waals surface area contributed by atoms with Crippen LogP contribution in [0.1, 0.15) is 18.4 Å². The molecule has 158 valence electrons. The molecule has 1 aliphatic heterocycles. The third-order valence-electron chi connectivity index (χ3n) is 6.16. The van der Waals surface area contributed by atoms with Crippen LogP contribution in [0.5, 0.6) is 0 Å². The molecule has 0 amide bonds. The van der Waals surface area contributed by atoms with E-state index >= 15 is 0 Å². The summed E-state index contributed by atoms with van der Waals surface area (Å²) in [4.78, 5) is 3.01. The Balaban J connectivity index is 1.67. The molecule has 1 aliphatic rings. The molecule has 1 saturated heterocycles. The zero-order valence-corrected chi connectivity index (χ0v) is 18.5. The van der Waals surface area contributed by atoms with Gasteiger partial charge in [0.2, 0.25) is 4.77 Å². The molecule has 2 N–H and O–H groups in total. The van der Waals surface area contributed by atoms with E-state index in [4.69, 9.17) is 17.3 Å². The van der Waals surface area contributed by atoms with E-state index in [1.54, 1.807) is 17.0 Å². The van der Waals surface area contributed by atoms with Gasteiger partial charge in [-0.3, -0.25) is 4.57 Å². The molecule has 1 unspecified atom stereocenters. The standard InChI is InChI=1S/C23H28FN5S/c1-26-14-12-19(13-15-26)27(2)17-29-23(30)28(16-18-8-4-3-5-9-18)22(25-29)20-10-6-7-11-21(20)24/h3-11,19H,12-17H2,1-2H3/p+2. The molecule has 0 bridgehead atoms. The normalized spacial score (nSPS) is 20.2. The Bertz CT molecular complexity index is 1040. The van der Waals surface area contributed by atoms with Crippen molar-refractivity contribution in [2.45, 2.75) is 32.1 Å². The highest BCUT2D eigenvalue weighted by Gasteiger charge is 2.27. The van der Waals surface area contributed by atoms with Crippen molar-refractivity contribution < 1.29 is 14.2 Å². The number of nitrogens with zero attached hydrogens (tertiary/aromatic N) is 3. The van der Waals surface area contributed by atoms with Crippen molar-refractivity contribution in [1.29, 1.82) is 0 Å². The van der Waals surface area contributed by atoms with Gasteiger partial charge in [-0.05, 0) is 29.9 Å². The molecule has 0 spiro atoms. The number of nitrogens with one attached hydrogen (secondary N) is 2.